The summed E-state index contributed by atoms with van der Waals surface area (Å²) in [6.07, 6.45) is -20.9. The van der Waals surface area contributed by atoms with Crippen molar-refractivity contribution in [2.75, 3.05) is 0 Å². The Morgan fingerprint density at radius 2 is 1.08 bits per heavy atom. The van der Waals surface area contributed by atoms with Crippen LogP contribution >= 0.6 is 0 Å². The van der Waals surface area contributed by atoms with Crippen molar-refractivity contribution in [3.63, 3.8) is 0 Å². The summed E-state index contributed by atoms with van der Waals surface area (Å²) in [7, 11) is -18.1. The molecule has 0 aliphatic heterocycles. The second kappa shape index (κ2) is 10.9. The zero-order valence-electron chi connectivity index (χ0n) is 16.5. The van der Waals surface area contributed by atoms with E-state index >= 15 is 0 Å². The number of aliphatic hydroxyl groups is 1. The number of halogens is 10. The van der Waals surface area contributed by atoms with E-state index in [0.29, 0.717) is 0 Å². The van der Waals surface area contributed by atoms with Crippen LogP contribution in [0, 0.1) is 0 Å². The molecule has 0 aliphatic rings. The van der Waals surface area contributed by atoms with Crippen LogP contribution in [0.3, 0.4) is 0 Å². The first kappa shape index (κ1) is 34.2. The highest BCUT2D eigenvalue weighted by atomic mass is 32.2. The number of alkyl halides is 10. The van der Waals surface area contributed by atoms with Crippen LogP contribution in [0.25, 0.3) is 0 Å². The van der Waals surface area contributed by atoms with Crippen molar-refractivity contribution in [1.82, 2.24) is 0 Å². The molecule has 23 heteroatoms. The van der Waals surface area contributed by atoms with E-state index in [1.165, 1.54) is 30.3 Å². The van der Waals surface area contributed by atoms with E-state index in [2.05, 4.69) is 4.18 Å². The largest absolute Gasteiger partial charge is 0.423 e. The molecule has 2 unspecified atom stereocenters. The number of aliphatic hydroxyl groups excluding tert-OH is 1. The SMILES string of the molecule is O=S(=O)(Cc1ccccc1)OC(C(F)(F)F)C(F)(F)S(=O)(=O)O.O=S(=O)(O)C(F)(F)C(O)C(F)(F)F. The van der Waals surface area contributed by atoms with Gasteiger partial charge in [-0.05, 0) is 5.56 Å². The van der Waals surface area contributed by atoms with Gasteiger partial charge in [0.25, 0.3) is 16.2 Å². The van der Waals surface area contributed by atoms with E-state index in [4.69, 9.17) is 14.2 Å². The summed E-state index contributed by atoms with van der Waals surface area (Å²) in [5.74, 6) is -1.21. The quantitative estimate of drug-likeness (QED) is 0.224. The Kier molecular flexibility index (Phi) is 10.4. The molecule has 1 rings (SSSR count). The van der Waals surface area contributed by atoms with Gasteiger partial charge < -0.3 is 5.11 Å². The van der Waals surface area contributed by atoms with E-state index in [-0.39, 0.29) is 5.56 Å². The lowest BCUT2D eigenvalue weighted by Crippen LogP contribution is -2.52. The first-order valence-corrected chi connectivity index (χ1v) is 12.5. The fourth-order valence-electron chi connectivity index (χ4n) is 1.73. The fourth-order valence-corrected chi connectivity index (χ4v) is 3.85. The maximum absolute atomic E-state index is 13.2. The monoisotopic (exact) mass is 614 g/mol. The zero-order valence-corrected chi connectivity index (χ0v) is 18.9. The molecule has 0 saturated heterocycles. The van der Waals surface area contributed by atoms with Crippen molar-refractivity contribution in [3.05, 3.63) is 35.9 Å². The van der Waals surface area contributed by atoms with Gasteiger partial charge in [0, 0.05) is 0 Å². The Labute approximate surface area is 195 Å². The van der Waals surface area contributed by atoms with Gasteiger partial charge in [-0.1, -0.05) is 30.3 Å². The number of rotatable bonds is 8. The molecular weight excluding hydrogens is 602 g/mol. The van der Waals surface area contributed by atoms with Crippen molar-refractivity contribution in [2.45, 2.75) is 40.8 Å². The first-order chi connectivity index (χ1) is 15.6. The molecule has 0 saturated carbocycles. The minimum absolute atomic E-state index is 0.0800. The second-order valence-corrected chi connectivity index (χ2v) is 10.8. The predicted octanol–water partition coefficient (Wildman–Crippen LogP) is 2.33. The molecule has 10 nitrogen and oxygen atoms in total. The first-order valence-electron chi connectivity index (χ1n) is 8.03. The molecule has 1 aromatic carbocycles. The van der Waals surface area contributed by atoms with Gasteiger partial charge in [-0.15, -0.1) is 0 Å². The van der Waals surface area contributed by atoms with Crippen molar-refractivity contribution < 1.29 is 87.6 Å². The normalized spacial score (nSPS) is 16.0. The summed E-state index contributed by atoms with van der Waals surface area (Å²) in [4.78, 5) is 0. The molecule has 0 amide bonds. The van der Waals surface area contributed by atoms with Crippen molar-refractivity contribution in [1.29, 1.82) is 0 Å². The maximum atomic E-state index is 13.2. The summed E-state index contributed by atoms with van der Waals surface area (Å²) in [5, 5.41) is -3.73. The summed E-state index contributed by atoms with van der Waals surface area (Å²) < 4.78 is 205. The summed E-state index contributed by atoms with van der Waals surface area (Å²) in [5.41, 5.74) is -0.0800. The number of benzene rings is 1. The Morgan fingerprint density at radius 1 is 0.694 bits per heavy atom. The third kappa shape index (κ3) is 9.26. The van der Waals surface area contributed by atoms with Gasteiger partial charge >= 0.3 is 43.1 Å². The van der Waals surface area contributed by atoms with Gasteiger partial charge in [-0.2, -0.15) is 69.2 Å². The Balaban J connectivity index is 0.000000802. The van der Waals surface area contributed by atoms with Gasteiger partial charge in [0.1, 0.15) is 5.75 Å². The molecule has 2 atom stereocenters. The summed E-state index contributed by atoms with van der Waals surface area (Å²) >= 11 is 0. The Bertz CT molecular complexity index is 1190. The third-order valence-electron chi connectivity index (χ3n) is 3.35. The lowest BCUT2D eigenvalue weighted by Gasteiger charge is -2.25. The van der Waals surface area contributed by atoms with E-state index in [1.807, 2.05) is 0 Å². The predicted molar refractivity (Wildman–Crippen MR) is 95.0 cm³/mol. The highest BCUT2D eigenvalue weighted by molar-refractivity contribution is 7.87. The van der Waals surface area contributed by atoms with E-state index in [9.17, 15) is 69.2 Å². The molecule has 0 aromatic heterocycles. The van der Waals surface area contributed by atoms with Crippen LogP contribution < -0.4 is 0 Å². The van der Waals surface area contributed by atoms with Crippen LogP contribution in [0.4, 0.5) is 43.9 Å². The van der Waals surface area contributed by atoms with Crippen LogP contribution in [0.5, 0.6) is 0 Å². The minimum atomic E-state index is -6.57. The van der Waals surface area contributed by atoms with Gasteiger partial charge in [0.05, 0.1) is 0 Å². The Hall–Kier alpha value is -1.79. The lowest BCUT2D eigenvalue weighted by molar-refractivity contribution is -0.248. The highest BCUT2D eigenvalue weighted by Gasteiger charge is 2.66. The third-order valence-corrected chi connectivity index (χ3v) is 6.33. The molecule has 36 heavy (non-hydrogen) atoms. The lowest BCUT2D eigenvalue weighted by atomic mass is 10.2. The summed E-state index contributed by atoms with van der Waals surface area (Å²) in [6, 6.07) is 6.47. The van der Waals surface area contributed by atoms with Crippen LogP contribution in [-0.4, -0.2) is 74.5 Å². The summed E-state index contributed by atoms with van der Waals surface area (Å²) in [6.45, 7) is 0. The minimum Gasteiger partial charge on any atom is -0.378 e. The van der Waals surface area contributed by atoms with E-state index in [0.717, 1.165) is 0 Å². The van der Waals surface area contributed by atoms with Gasteiger partial charge in [-0.3, -0.25) is 9.11 Å². The van der Waals surface area contributed by atoms with Crippen LogP contribution in [0.15, 0.2) is 30.3 Å². The molecule has 0 bridgehead atoms. The highest BCUT2D eigenvalue weighted by Crippen LogP contribution is 2.39. The molecule has 212 valence electrons. The van der Waals surface area contributed by atoms with Gasteiger partial charge in [-0.25, -0.2) is 4.18 Å². The molecule has 1 aromatic rings. The fraction of sp³-hybridized carbons (Fsp3) is 0.538. The molecule has 0 heterocycles. The van der Waals surface area contributed by atoms with E-state index < -0.39 is 71.2 Å². The van der Waals surface area contributed by atoms with Gasteiger partial charge in [0.15, 0.2) is 0 Å². The van der Waals surface area contributed by atoms with Crippen LogP contribution in [0.2, 0.25) is 0 Å². The van der Waals surface area contributed by atoms with Crippen LogP contribution in [-0.2, 0) is 40.3 Å². The molecule has 0 spiro atoms. The van der Waals surface area contributed by atoms with E-state index in [1.54, 1.807) is 0 Å². The van der Waals surface area contributed by atoms with Crippen molar-refractivity contribution in [2.24, 2.45) is 0 Å². The topological polar surface area (TPSA) is 172 Å². The molecular formula is C13H12F10O10S3. The zero-order chi connectivity index (χ0) is 29.2. The second-order valence-electron chi connectivity index (χ2n) is 6.22. The Morgan fingerprint density at radius 3 is 1.36 bits per heavy atom. The average molecular weight is 614 g/mol. The molecule has 3 N–H and O–H groups in total. The van der Waals surface area contributed by atoms with Gasteiger partial charge in [0.2, 0.25) is 6.10 Å². The molecule has 0 aliphatic carbocycles. The molecule has 0 fully saturated rings. The number of hydrogen-bond donors (Lipinski definition) is 3. The standard InChI is InChI=1S/C10H9F5O6S2.C3H3F5O4S/c11-9(12,13)8(10(14,15)23(18,19)20)21-22(16,17)6-7-4-2-1-3-5-7;4-2(5,6)1(9)3(7,8)13(10,11)12/h1-5,8H,6H2,(H,18,19,20);1,9H,(H,10,11,12). The smallest absolute Gasteiger partial charge is 0.378 e. The molecule has 0 radical (unpaired) electrons. The van der Waals surface area contributed by atoms with Crippen LogP contribution in [0.1, 0.15) is 5.56 Å². The maximum Gasteiger partial charge on any atom is 0.423 e. The number of hydrogen-bond acceptors (Lipinski definition) is 8. The van der Waals surface area contributed by atoms with Crippen molar-refractivity contribution in [3.8, 4) is 0 Å². The van der Waals surface area contributed by atoms with Crippen molar-refractivity contribution >= 4 is 30.4 Å². The average Bonchev–Trinajstić information content (AvgIpc) is 2.63.